The molecular formula is C14H15BrClNS. The molecule has 1 unspecified atom stereocenters. The van der Waals surface area contributed by atoms with Crippen LogP contribution in [0.15, 0.2) is 34.8 Å². The first-order valence-electron chi connectivity index (χ1n) is 5.86. The molecule has 1 N–H and O–H groups in total. The monoisotopic (exact) mass is 343 g/mol. The summed E-state index contributed by atoms with van der Waals surface area (Å²) in [5.74, 6) is 0. The molecule has 0 radical (unpaired) electrons. The number of thiophene rings is 1. The molecule has 0 bridgehead atoms. The Kier molecular flexibility index (Phi) is 4.84. The first-order chi connectivity index (χ1) is 8.61. The molecule has 18 heavy (non-hydrogen) atoms. The molecule has 1 nitrogen and oxygen atoms in total. The van der Waals surface area contributed by atoms with E-state index in [1.165, 1.54) is 16.0 Å². The molecule has 0 saturated carbocycles. The van der Waals surface area contributed by atoms with Crippen molar-refractivity contribution in [2.24, 2.45) is 0 Å². The van der Waals surface area contributed by atoms with Crippen molar-refractivity contribution in [3.8, 4) is 0 Å². The zero-order valence-corrected chi connectivity index (χ0v) is 13.5. The maximum atomic E-state index is 6.13. The zero-order valence-electron chi connectivity index (χ0n) is 10.3. The summed E-state index contributed by atoms with van der Waals surface area (Å²) in [5, 5.41) is 3.51. The molecular weight excluding hydrogens is 330 g/mol. The van der Waals surface area contributed by atoms with Crippen LogP contribution in [0.5, 0.6) is 0 Å². The van der Waals surface area contributed by atoms with Crippen LogP contribution in [0.2, 0.25) is 4.34 Å². The van der Waals surface area contributed by atoms with Crippen molar-refractivity contribution >= 4 is 38.9 Å². The van der Waals surface area contributed by atoms with E-state index in [0.29, 0.717) is 0 Å². The highest BCUT2D eigenvalue weighted by Crippen LogP contribution is 2.37. The molecule has 0 aliphatic heterocycles. The van der Waals surface area contributed by atoms with E-state index >= 15 is 0 Å². The van der Waals surface area contributed by atoms with Gasteiger partial charge in [0.05, 0.1) is 6.04 Å². The summed E-state index contributed by atoms with van der Waals surface area (Å²) in [6.45, 7) is 5.14. The third-order valence-corrected chi connectivity index (χ3v) is 5.31. The van der Waals surface area contributed by atoms with Gasteiger partial charge in [-0.2, -0.15) is 0 Å². The Hall–Kier alpha value is -0.350. The third-order valence-electron chi connectivity index (χ3n) is 2.77. The summed E-state index contributed by atoms with van der Waals surface area (Å²) in [4.78, 5) is 1.23. The predicted molar refractivity (Wildman–Crippen MR) is 83.7 cm³/mol. The minimum Gasteiger partial charge on any atom is -0.306 e. The van der Waals surface area contributed by atoms with Gasteiger partial charge in [-0.05, 0) is 41.0 Å². The topological polar surface area (TPSA) is 12.0 Å². The second-order valence-electron chi connectivity index (χ2n) is 4.17. The van der Waals surface area contributed by atoms with E-state index in [4.69, 9.17) is 11.6 Å². The van der Waals surface area contributed by atoms with Crippen LogP contribution in [0, 0.1) is 6.92 Å². The number of nitrogens with one attached hydrogen (secondary N) is 1. The minimum atomic E-state index is 0.212. The van der Waals surface area contributed by atoms with E-state index in [9.17, 15) is 0 Å². The van der Waals surface area contributed by atoms with Crippen LogP contribution >= 0.6 is 38.9 Å². The van der Waals surface area contributed by atoms with Crippen molar-refractivity contribution in [3.05, 3.63) is 55.1 Å². The van der Waals surface area contributed by atoms with Crippen LogP contribution in [0.3, 0.4) is 0 Å². The molecule has 0 saturated heterocycles. The SMILES string of the molecule is CCNC(c1ccc(C)cc1)c1cc(Br)c(Cl)s1. The van der Waals surface area contributed by atoms with Gasteiger partial charge in [-0.25, -0.2) is 0 Å². The highest BCUT2D eigenvalue weighted by Gasteiger charge is 2.16. The molecule has 0 aliphatic rings. The summed E-state index contributed by atoms with van der Waals surface area (Å²) in [7, 11) is 0. The average molecular weight is 345 g/mol. The molecule has 0 spiro atoms. The fourth-order valence-electron chi connectivity index (χ4n) is 1.85. The maximum absolute atomic E-state index is 6.13. The molecule has 4 heteroatoms. The van der Waals surface area contributed by atoms with Gasteiger partial charge in [0, 0.05) is 9.35 Å². The van der Waals surface area contributed by atoms with E-state index in [-0.39, 0.29) is 6.04 Å². The number of hydrogen-bond acceptors (Lipinski definition) is 2. The predicted octanol–water partition coefficient (Wildman–Crippen LogP) is 5.17. The van der Waals surface area contributed by atoms with Crippen molar-refractivity contribution in [2.45, 2.75) is 19.9 Å². The van der Waals surface area contributed by atoms with Crippen LogP contribution in [-0.2, 0) is 0 Å². The van der Waals surface area contributed by atoms with Gasteiger partial charge in [0.15, 0.2) is 0 Å². The Balaban J connectivity index is 2.36. The first kappa shape index (κ1) is 14.1. The Morgan fingerprint density at radius 1 is 1.33 bits per heavy atom. The molecule has 0 aliphatic carbocycles. The lowest BCUT2D eigenvalue weighted by Gasteiger charge is -2.17. The summed E-state index contributed by atoms with van der Waals surface area (Å²) in [6.07, 6.45) is 0. The Bertz CT molecular complexity index is 502. The van der Waals surface area contributed by atoms with Gasteiger partial charge in [-0.15, -0.1) is 11.3 Å². The molecule has 2 aromatic rings. The second kappa shape index (κ2) is 6.20. The molecule has 0 amide bonds. The number of halogens is 2. The van der Waals surface area contributed by atoms with Crippen LogP contribution in [0.25, 0.3) is 0 Å². The third kappa shape index (κ3) is 3.15. The number of rotatable bonds is 4. The van der Waals surface area contributed by atoms with Gasteiger partial charge >= 0.3 is 0 Å². The molecule has 96 valence electrons. The smallest absolute Gasteiger partial charge is 0.107 e. The normalized spacial score (nSPS) is 12.7. The maximum Gasteiger partial charge on any atom is 0.107 e. The standard InChI is InChI=1S/C14H15BrClNS/c1-3-17-13(10-6-4-9(2)5-7-10)12-8-11(15)14(16)18-12/h4-8,13,17H,3H2,1-2H3. The van der Waals surface area contributed by atoms with Crippen molar-refractivity contribution in [1.82, 2.24) is 5.32 Å². The number of aryl methyl sites for hydroxylation is 1. The van der Waals surface area contributed by atoms with E-state index < -0.39 is 0 Å². The van der Waals surface area contributed by atoms with Crippen LogP contribution in [0.1, 0.15) is 29.0 Å². The molecule has 1 aromatic carbocycles. The molecule has 0 fully saturated rings. The van der Waals surface area contributed by atoms with E-state index in [1.807, 2.05) is 0 Å². The summed E-state index contributed by atoms with van der Waals surface area (Å²) in [6, 6.07) is 10.9. The van der Waals surface area contributed by atoms with Crippen molar-refractivity contribution in [1.29, 1.82) is 0 Å². The quantitative estimate of drug-likeness (QED) is 0.806. The Labute approximate surface area is 125 Å². The fraction of sp³-hybridized carbons (Fsp3) is 0.286. The van der Waals surface area contributed by atoms with Gasteiger partial charge in [0.2, 0.25) is 0 Å². The average Bonchev–Trinajstić information content (AvgIpc) is 2.68. The first-order valence-corrected chi connectivity index (χ1v) is 7.85. The lowest BCUT2D eigenvalue weighted by Crippen LogP contribution is -2.20. The summed E-state index contributed by atoms with van der Waals surface area (Å²) >= 11 is 11.2. The largest absolute Gasteiger partial charge is 0.306 e. The zero-order chi connectivity index (χ0) is 13.1. The van der Waals surface area contributed by atoms with Gasteiger partial charge in [0.25, 0.3) is 0 Å². The van der Waals surface area contributed by atoms with Gasteiger partial charge in [-0.1, -0.05) is 48.4 Å². The highest BCUT2D eigenvalue weighted by molar-refractivity contribution is 9.10. The fourth-order valence-corrected chi connectivity index (χ4v) is 3.69. The van der Waals surface area contributed by atoms with Crippen molar-refractivity contribution < 1.29 is 0 Å². The number of hydrogen-bond donors (Lipinski definition) is 1. The molecule has 1 heterocycles. The Morgan fingerprint density at radius 3 is 2.50 bits per heavy atom. The second-order valence-corrected chi connectivity index (χ2v) is 6.71. The molecule has 1 atom stereocenters. The van der Waals surface area contributed by atoms with Crippen molar-refractivity contribution in [3.63, 3.8) is 0 Å². The van der Waals surface area contributed by atoms with Crippen LogP contribution in [0.4, 0.5) is 0 Å². The molecule has 2 rings (SSSR count). The van der Waals surface area contributed by atoms with Gasteiger partial charge < -0.3 is 5.32 Å². The summed E-state index contributed by atoms with van der Waals surface area (Å²) < 4.78 is 1.78. The minimum absolute atomic E-state index is 0.212. The van der Waals surface area contributed by atoms with E-state index in [1.54, 1.807) is 11.3 Å². The van der Waals surface area contributed by atoms with E-state index in [2.05, 4.69) is 65.4 Å². The molecule has 1 aromatic heterocycles. The Morgan fingerprint density at radius 2 is 2.00 bits per heavy atom. The van der Waals surface area contributed by atoms with Crippen LogP contribution < -0.4 is 5.32 Å². The van der Waals surface area contributed by atoms with Gasteiger partial charge in [-0.3, -0.25) is 0 Å². The van der Waals surface area contributed by atoms with Gasteiger partial charge in [0.1, 0.15) is 4.34 Å². The highest BCUT2D eigenvalue weighted by atomic mass is 79.9. The lowest BCUT2D eigenvalue weighted by molar-refractivity contribution is 0.639. The van der Waals surface area contributed by atoms with Crippen LogP contribution in [-0.4, -0.2) is 6.54 Å². The van der Waals surface area contributed by atoms with Crippen molar-refractivity contribution in [2.75, 3.05) is 6.54 Å². The summed E-state index contributed by atoms with van der Waals surface area (Å²) in [5.41, 5.74) is 2.55. The van der Waals surface area contributed by atoms with E-state index in [0.717, 1.165) is 15.4 Å². The lowest BCUT2D eigenvalue weighted by atomic mass is 10.0. The number of benzene rings is 1.